The molecule has 30 heavy (non-hydrogen) atoms. The molecular formula is C20H26ClN4O4S+. The van der Waals surface area contributed by atoms with Crippen molar-refractivity contribution in [1.29, 1.82) is 0 Å². The van der Waals surface area contributed by atoms with Crippen molar-refractivity contribution < 1.29 is 22.6 Å². The van der Waals surface area contributed by atoms with Gasteiger partial charge in [0.1, 0.15) is 5.69 Å². The second-order valence-electron chi connectivity index (χ2n) is 7.54. The van der Waals surface area contributed by atoms with Crippen LogP contribution in [0.2, 0.25) is 5.02 Å². The minimum atomic E-state index is -3.86. The Morgan fingerprint density at radius 2 is 2.10 bits per heavy atom. The van der Waals surface area contributed by atoms with E-state index in [1.165, 1.54) is 4.31 Å². The third-order valence-electron chi connectivity index (χ3n) is 4.89. The van der Waals surface area contributed by atoms with Gasteiger partial charge in [0.05, 0.1) is 36.9 Å². The zero-order valence-corrected chi connectivity index (χ0v) is 18.8. The first-order valence-corrected chi connectivity index (χ1v) is 11.5. The van der Waals surface area contributed by atoms with Gasteiger partial charge in [-0.05, 0) is 31.9 Å². The summed E-state index contributed by atoms with van der Waals surface area (Å²) in [6.07, 6.45) is 4.56. The Kier molecular flexibility index (Phi) is 6.97. The number of aryl methyl sites for hydroxylation is 1. The van der Waals surface area contributed by atoms with Crippen LogP contribution >= 0.6 is 11.6 Å². The van der Waals surface area contributed by atoms with Gasteiger partial charge in [0.2, 0.25) is 15.9 Å². The van der Waals surface area contributed by atoms with Crippen molar-refractivity contribution in [3.05, 3.63) is 46.9 Å². The molecule has 0 spiro atoms. The highest BCUT2D eigenvalue weighted by Gasteiger charge is 2.37. The Balaban J connectivity index is 1.80. The lowest BCUT2D eigenvalue weighted by atomic mass is 9.99. The van der Waals surface area contributed by atoms with Crippen molar-refractivity contribution >= 4 is 39.3 Å². The van der Waals surface area contributed by atoms with E-state index in [2.05, 4.69) is 10.5 Å². The number of carbonyl (C=O) groups is 1. The van der Waals surface area contributed by atoms with Crippen LogP contribution in [0.25, 0.3) is 6.08 Å². The average molecular weight is 454 g/mol. The largest absolute Gasteiger partial charge is 0.355 e. The summed E-state index contributed by atoms with van der Waals surface area (Å²) >= 11 is 6.12. The predicted octanol–water partition coefficient (Wildman–Crippen LogP) is 1.79. The van der Waals surface area contributed by atoms with E-state index in [1.807, 2.05) is 14.1 Å². The smallest absolute Gasteiger partial charge is 0.248 e. The molecule has 0 aliphatic carbocycles. The molecule has 2 aromatic rings. The number of sulfonamides is 1. The number of benzene rings is 1. The molecule has 3 rings (SSSR count). The molecule has 1 unspecified atom stereocenters. The Morgan fingerprint density at radius 3 is 2.80 bits per heavy atom. The minimum Gasteiger partial charge on any atom is -0.355 e. The van der Waals surface area contributed by atoms with Crippen molar-refractivity contribution in [2.75, 3.05) is 32.5 Å². The molecule has 0 saturated carbocycles. The summed E-state index contributed by atoms with van der Waals surface area (Å²) in [4.78, 5) is 13.8. The van der Waals surface area contributed by atoms with Crippen molar-refractivity contribution in [2.24, 2.45) is 5.92 Å². The molecule has 1 saturated heterocycles. The van der Waals surface area contributed by atoms with Gasteiger partial charge in [0.15, 0.2) is 10.7 Å². The minimum absolute atomic E-state index is 0.0483. The lowest BCUT2D eigenvalue weighted by molar-refractivity contribution is -0.800. The quantitative estimate of drug-likeness (QED) is 0.695. The number of nitrogens with one attached hydrogen (secondary N) is 2. The number of para-hydroxylation sites is 1. The van der Waals surface area contributed by atoms with E-state index >= 15 is 0 Å². The maximum absolute atomic E-state index is 13.3. The molecule has 1 aromatic carbocycles. The van der Waals surface area contributed by atoms with E-state index < -0.39 is 15.9 Å². The first-order valence-electron chi connectivity index (χ1n) is 9.70. The van der Waals surface area contributed by atoms with Gasteiger partial charge < -0.3 is 14.7 Å². The molecule has 1 atom stereocenters. The molecular weight excluding hydrogens is 428 g/mol. The van der Waals surface area contributed by atoms with Gasteiger partial charge in [-0.15, -0.1) is 0 Å². The molecule has 1 aliphatic rings. The zero-order valence-electron chi connectivity index (χ0n) is 17.2. The van der Waals surface area contributed by atoms with Gasteiger partial charge >= 0.3 is 0 Å². The molecule has 1 aromatic heterocycles. The third-order valence-corrected chi connectivity index (χ3v) is 7.24. The Bertz CT molecular complexity index is 1050. The summed E-state index contributed by atoms with van der Waals surface area (Å²) < 4.78 is 33.3. The van der Waals surface area contributed by atoms with Crippen LogP contribution in [0.5, 0.6) is 0 Å². The number of piperidine rings is 1. The topological polar surface area (TPSA) is 97.0 Å². The maximum atomic E-state index is 13.3. The second-order valence-corrected chi connectivity index (χ2v) is 9.83. The first kappa shape index (κ1) is 22.5. The SMILES string of the molecule is Cc1noc(C=C[NH+](C)C)c1S(=O)(=O)N1CCCC(C(=O)Nc2ccccc2Cl)C1. The Morgan fingerprint density at radius 1 is 1.37 bits per heavy atom. The summed E-state index contributed by atoms with van der Waals surface area (Å²) in [5, 5.41) is 7.08. The average Bonchev–Trinajstić information content (AvgIpc) is 3.09. The molecule has 1 fully saturated rings. The number of quaternary nitrogens is 1. The molecule has 0 radical (unpaired) electrons. The van der Waals surface area contributed by atoms with E-state index in [4.69, 9.17) is 16.1 Å². The number of halogens is 1. The highest BCUT2D eigenvalue weighted by Crippen LogP contribution is 2.29. The normalized spacial score (nSPS) is 18.2. The van der Waals surface area contributed by atoms with Gasteiger partial charge in [-0.25, -0.2) is 8.42 Å². The van der Waals surface area contributed by atoms with Crippen molar-refractivity contribution in [1.82, 2.24) is 9.46 Å². The van der Waals surface area contributed by atoms with E-state index in [1.54, 1.807) is 43.5 Å². The van der Waals surface area contributed by atoms with Crippen LogP contribution in [-0.2, 0) is 14.8 Å². The molecule has 2 heterocycles. The fraction of sp³-hybridized carbons (Fsp3) is 0.400. The predicted molar refractivity (Wildman–Crippen MR) is 115 cm³/mol. The van der Waals surface area contributed by atoms with E-state index in [-0.39, 0.29) is 23.1 Å². The van der Waals surface area contributed by atoms with Crippen LogP contribution in [0.1, 0.15) is 24.3 Å². The number of amides is 1. The number of anilines is 1. The summed E-state index contributed by atoms with van der Waals surface area (Å²) in [6, 6.07) is 6.95. The van der Waals surface area contributed by atoms with E-state index in [0.29, 0.717) is 35.8 Å². The first-order chi connectivity index (χ1) is 14.2. The van der Waals surface area contributed by atoms with Crippen LogP contribution < -0.4 is 10.2 Å². The zero-order chi connectivity index (χ0) is 21.9. The third kappa shape index (κ3) is 4.92. The Hall–Kier alpha value is -2.20. The monoisotopic (exact) mass is 453 g/mol. The van der Waals surface area contributed by atoms with Gasteiger partial charge in [0.25, 0.3) is 0 Å². The molecule has 8 nitrogen and oxygen atoms in total. The summed E-state index contributed by atoms with van der Waals surface area (Å²) in [6.45, 7) is 2.03. The van der Waals surface area contributed by atoms with Crippen LogP contribution in [0.4, 0.5) is 5.69 Å². The molecule has 10 heteroatoms. The van der Waals surface area contributed by atoms with Gasteiger partial charge in [0, 0.05) is 19.2 Å². The molecule has 1 aliphatic heterocycles. The molecule has 0 bridgehead atoms. The van der Waals surface area contributed by atoms with E-state index in [9.17, 15) is 13.2 Å². The fourth-order valence-electron chi connectivity index (χ4n) is 3.34. The van der Waals surface area contributed by atoms with Crippen molar-refractivity contribution in [3.63, 3.8) is 0 Å². The lowest BCUT2D eigenvalue weighted by Crippen LogP contribution is -3.00. The van der Waals surface area contributed by atoms with Crippen LogP contribution in [0.3, 0.4) is 0 Å². The van der Waals surface area contributed by atoms with Gasteiger partial charge in [-0.2, -0.15) is 4.31 Å². The van der Waals surface area contributed by atoms with Gasteiger partial charge in [-0.1, -0.05) is 28.9 Å². The van der Waals surface area contributed by atoms with Crippen molar-refractivity contribution in [2.45, 2.75) is 24.7 Å². The number of nitrogens with zero attached hydrogens (tertiary/aromatic N) is 2. The number of hydrogen-bond acceptors (Lipinski definition) is 5. The number of aromatic nitrogens is 1. The second kappa shape index (κ2) is 9.30. The summed E-state index contributed by atoms with van der Waals surface area (Å²) in [5.41, 5.74) is 0.809. The van der Waals surface area contributed by atoms with Gasteiger partial charge in [-0.3, -0.25) is 4.79 Å². The summed E-state index contributed by atoms with van der Waals surface area (Å²) in [5.74, 6) is -0.534. The van der Waals surface area contributed by atoms with E-state index in [0.717, 1.165) is 4.90 Å². The van der Waals surface area contributed by atoms with Crippen LogP contribution in [0, 0.1) is 12.8 Å². The summed E-state index contributed by atoms with van der Waals surface area (Å²) in [7, 11) is -0.0578. The number of hydrogen-bond donors (Lipinski definition) is 2. The maximum Gasteiger partial charge on any atom is 0.248 e. The highest BCUT2D eigenvalue weighted by atomic mass is 35.5. The standard InChI is InChI=1S/C20H25ClN4O4S/c1-14-19(18(29-23-14)10-12-24(2)3)30(27,28)25-11-6-7-15(13-25)20(26)22-17-9-5-4-8-16(17)21/h4-5,8-10,12,15H,6-7,11,13H2,1-3H3,(H,22,26)/p+1. The van der Waals surface area contributed by atoms with Crippen LogP contribution in [-0.4, -0.2) is 51.0 Å². The molecule has 162 valence electrons. The fourth-order valence-corrected chi connectivity index (χ4v) is 5.30. The Labute approximate surface area is 181 Å². The number of rotatable bonds is 6. The van der Waals surface area contributed by atoms with Crippen LogP contribution in [0.15, 0.2) is 39.9 Å². The molecule has 1 amide bonds. The van der Waals surface area contributed by atoms with Crippen molar-refractivity contribution in [3.8, 4) is 0 Å². The lowest BCUT2D eigenvalue weighted by Gasteiger charge is -2.31. The number of carbonyl (C=O) groups excluding carboxylic acids is 1. The molecule has 2 N–H and O–H groups in total. The highest BCUT2D eigenvalue weighted by molar-refractivity contribution is 7.89.